The monoisotopic (exact) mass is 307 g/mol. The average molecular weight is 307 g/mol. The maximum Gasteiger partial charge on any atom is 0.408 e. The van der Waals surface area contributed by atoms with Crippen LogP contribution in [0.3, 0.4) is 0 Å². The molecule has 1 rings (SSSR count). The minimum Gasteiger partial charge on any atom is -0.396 e. The zero-order valence-corrected chi connectivity index (χ0v) is 12.1. The number of amides is 1. The van der Waals surface area contributed by atoms with Gasteiger partial charge >= 0.3 is 6.18 Å². The third kappa shape index (κ3) is 5.25. The van der Waals surface area contributed by atoms with Crippen LogP contribution in [0, 0.1) is 0 Å². The minimum atomic E-state index is -4.46. The van der Waals surface area contributed by atoms with Crippen molar-refractivity contribution in [3.8, 4) is 0 Å². The first-order valence-electron chi connectivity index (χ1n) is 6.67. The number of nitrogen functional groups attached to an aromatic ring is 1. The number of likely N-dealkylation sites (N-methyl/N-ethyl adjacent to an activating group) is 1. The molecule has 6 nitrogen and oxygen atoms in total. The topological polar surface area (TPSA) is 76.2 Å². The maximum absolute atomic E-state index is 12.4. The smallest absolute Gasteiger partial charge is 0.396 e. The Morgan fingerprint density at radius 2 is 2.05 bits per heavy atom. The summed E-state index contributed by atoms with van der Waals surface area (Å²) < 4.78 is 37.8. The molecule has 0 aliphatic heterocycles. The van der Waals surface area contributed by atoms with Crippen LogP contribution in [-0.4, -0.2) is 52.9 Å². The lowest BCUT2D eigenvalue weighted by atomic mass is 10.3. The first-order valence-corrected chi connectivity index (χ1v) is 6.67. The molecule has 0 aliphatic carbocycles. The number of hydrogen-bond acceptors (Lipinski definition) is 4. The fourth-order valence-electron chi connectivity index (χ4n) is 1.89. The van der Waals surface area contributed by atoms with Crippen LogP contribution < -0.4 is 11.1 Å². The van der Waals surface area contributed by atoms with Gasteiger partial charge in [0.1, 0.15) is 12.2 Å². The predicted octanol–water partition coefficient (Wildman–Crippen LogP) is 1.10. The molecule has 0 fully saturated rings. The van der Waals surface area contributed by atoms with Crippen LogP contribution in [0.15, 0.2) is 6.20 Å². The number of aromatic nitrogens is 2. The van der Waals surface area contributed by atoms with Crippen LogP contribution in [0.2, 0.25) is 0 Å². The van der Waals surface area contributed by atoms with E-state index < -0.39 is 18.6 Å². The molecule has 120 valence electrons. The summed E-state index contributed by atoms with van der Waals surface area (Å²) in [5.74, 6) is -0.651. The number of carbonyl (C=O) groups is 1. The van der Waals surface area contributed by atoms with Crippen LogP contribution in [0.25, 0.3) is 0 Å². The molecule has 1 amide bonds. The fraction of sp³-hybridized carbons (Fsp3) is 0.667. The maximum atomic E-state index is 12.4. The van der Waals surface area contributed by atoms with E-state index >= 15 is 0 Å². The van der Waals surface area contributed by atoms with E-state index in [9.17, 15) is 18.0 Å². The predicted molar refractivity (Wildman–Crippen MR) is 72.8 cm³/mol. The SMILES string of the molecule is CCN(CC)CCNC(=O)c1c(N)cnn1CC(F)(F)F. The molecule has 9 heteroatoms. The molecule has 0 bridgehead atoms. The lowest BCUT2D eigenvalue weighted by molar-refractivity contribution is -0.142. The molecule has 0 radical (unpaired) electrons. The largest absolute Gasteiger partial charge is 0.408 e. The standard InChI is InChI=1S/C12H20F3N5O/c1-3-19(4-2)6-5-17-11(21)10-9(16)7-18-20(10)8-12(13,14)15/h7H,3-6,8,16H2,1-2H3,(H,17,21). The number of nitrogens with zero attached hydrogens (tertiary/aromatic N) is 3. The van der Waals surface area contributed by atoms with Gasteiger partial charge in [-0.25, -0.2) is 4.68 Å². The number of rotatable bonds is 7. The normalized spacial score (nSPS) is 11.9. The van der Waals surface area contributed by atoms with Gasteiger partial charge in [-0.3, -0.25) is 4.79 Å². The van der Waals surface area contributed by atoms with Gasteiger partial charge in [-0.05, 0) is 13.1 Å². The Bertz CT molecular complexity index is 468. The highest BCUT2D eigenvalue weighted by Gasteiger charge is 2.31. The van der Waals surface area contributed by atoms with Crippen LogP contribution in [0.4, 0.5) is 18.9 Å². The quantitative estimate of drug-likeness (QED) is 0.791. The molecular weight excluding hydrogens is 287 g/mol. The van der Waals surface area contributed by atoms with E-state index in [4.69, 9.17) is 5.73 Å². The van der Waals surface area contributed by atoms with E-state index in [0.717, 1.165) is 19.3 Å². The highest BCUT2D eigenvalue weighted by atomic mass is 19.4. The summed E-state index contributed by atoms with van der Waals surface area (Å²) in [4.78, 5) is 14.0. The molecule has 0 spiro atoms. The van der Waals surface area contributed by atoms with Crippen molar-refractivity contribution in [3.63, 3.8) is 0 Å². The molecule has 0 saturated heterocycles. The molecule has 0 aliphatic rings. The molecule has 0 aromatic carbocycles. The number of carbonyl (C=O) groups excluding carboxylic acids is 1. The fourth-order valence-corrected chi connectivity index (χ4v) is 1.89. The van der Waals surface area contributed by atoms with Crippen molar-refractivity contribution in [2.24, 2.45) is 0 Å². The molecule has 1 aromatic rings. The second-order valence-electron chi connectivity index (χ2n) is 4.50. The number of nitrogens with two attached hydrogens (primary N) is 1. The van der Waals surface area contributed by atoms with E-state index in [1.807, 2.05) is 13.8 Å². The van der Waals surface area contributed by atoms with Crippen molar-refractivity contribution in [1.82, 2.24) is 20.0 Å². The summed E-state index contributed by atoms with van der Waals surface area (Å²) in [5.41, 5.74) is 5.20. The number of halogens is 3. The Morgan fingerprint density at radius 3 is 2.57 bits per heavy atom. The Labute approximate surface area is 121 Å². The Kier molecular flexibility index (Phi) is 6.01. The van der Waals surface area contributed by atoms with Crippen LogP contribution in [0.5, 0.6) is 0 Å². The van der Waals surface area contributed by atoms with E-state index in [2.05, 4.69) is 15.3 Å². The van der Waals surface area contributed by atoms with Gasteiger partial charge in [-0.2, -0.15) is 18.3 Å². The van der Waals surface area contributed by atoms with Gasteiger partial charge in [0.05, 0.1) is 11.9 Å². The summed E-state index contributed by atoms with van der Waals surface area (Å²) in [5, 5.41) is 6.06. The van der Waals surface area contributed by atoms with E-state index in [0.29, 0.717) is 17.8 Å². The van der Waals surface area contributed by atoms with Crippen molar-refractivity contribution in [2.75, 3.05) is 31.9 Å². The molecule has 0 unspecified atom stereocenters. The van der Waals surface area contributed by atoms with Gasteiger partial charge in [0, 0.05) is 13.1 Å². The van der Waals surface area contributed by atoms with Crippen molar-refractivity contribution < 1.29 is 18.0 Å². The highest BCUT2D eigenvalue weighted by molar-refractivity contribution is 5.97. The Balaban J connectivity index is 2.67. The van der Waals surface area contributed by atoms with Crippen LogP contribution in [-0.2, 0) is 6.54 Å². The van der Waals surface area contributed by atoms with Gasteiger partial charge < -0.3 is 16.0 Å². The molecule has 0 atom stereocenters. The van der Waals surface area contributed by atoms with Crippen molar-refractivity contribution in [1.29, 1.82) is 0 Å². The number of hydrogen-bond donors (Lipinski definition) is 2. The minimum absolute atomic E-state index is 0.0698. The van der Waals surface area contributed by atoms with E-state index in [1.54, 1.807) is 0 Å². The first-order chi connectivity index (χ1) is 9.78. The molecule has 3 N–H and O–H groups in total. The summed E-state index contributed by atoms with van der Waals surface area (Å²) >= 11 is 0. The van der Waals surface area contributed by atoms with Crippen molar-refractivity contribution >= 4 is 11.6 Å². The summed E-state index contributed by atoms with van der Waals surface area (Å²) in [6.45, 7) is 5.25. The number of anilines is 1. The van der Waals surface area contributed by atoms with Gasteiger partial charge in [0.15, 0.2) is 0 Å². The third-order valence-electron chi connectivity index (χ3n) is 3.02. The zero-order valence-electron chi connectivity index (χ0n) is 12.1. The first kappa shape index (κ1) is 17.3. The Hall–Kier alpha value is -1.77. The number of nitrogens with one attached hydrogen (secondary N) is 1. The van der Waals surface area contributed by atoms with Crippen LogP contribution >= 0.6 is 0 Å². The lowest BCUT2D eigenvalue weighted by Gasteiger charge is -2.18. The third-order valence-corrected chi connectivity index (χ3v) is 3.02. The van der Waals surface area contributed by atoms with Gasteiger partial charge in [-0.1, -0.05) is 13.8 Å². The van der Waals surface area contributed by atoms with E-state index in [1.165, 1.54) is 0 Å². The van der Waals surface area contributed by atoms with Crippen LogP contribution in [0.1, 0.15) is 24.3 Å². The second kappa shape index (κ2) is 7.30. The highest BCUT2D eigenvalue weighted by Crippen LogP contribution is 2.20. The average Bonchev–Trinajstić information content (AvgIpc) is 2.73. The summed E-state index contributed by atoms with van der Waals surface area (Å²) in [7, 11) is 0. The molecule has 1 aromatic heterocycles. The molecule has 21 heavy (non-hydrogen) atoms. The summed E-state index contributed by atoms with van der Waals surface area (Å²) in [6.07, 6.45) is -3.42. The number of alkyl halides is 3. The van der Waals surface area contributed by atoms with Gasteiger partial charge in [0.25, 0.3) is 5.91 Å². The zero-order chi connectivity index (χ0) is 16.0. The molecule has 1 heterocycles. The second-order valence-corrected chi connectivity index (χ2v) is 4.50. The summed E-state index contributed by atoms with van der Waals surface area (Å²) in [6, 6.07) is 0. The molecular formula is C12H20F3N5O. The van der Waals surface area contributed by atoms with Crippen molar-refractivity contribution in [2.45, 2.75) is 26.6 Å². The lowest BCUT2D eigenvalue weighted by Crippen LogP contribution is -2.36. The van der Waals surface area contributed by atoms with Crippen molar-refractivity contribution in [3.05, 3.63) is 11.9 Å². The van der Waals surface area contributed by atoms with Gasteiger partial charge in [0.2, 0.25) is 0 Å². The van der Waals surface area contributed by atoms with E-state index in [-0.39, 0.29) is 11.4 Å². The Morgan fingerprint density at radius 1 is 1.43 bits per heavy atom. The molecule has 0 saturated carbocycles. The van der Waals surface area contributed by atoms with Gasteiger partial charge in [-0.15, -0.1) is 0 Å².